The van der Waals surface area contributed by atoms with Crippen LogP contribution in [-0.4, -0.2) is 36.9 Å². The van der Waals surface area contributed by atoms with E-state index in [9.17, 15) is 9.90 Å². The van der Waals surface area contributed by atoms with Gasteiger partial charge in [0, 0.05) is 0 Å². The Morgan fingerprint density at radius 2 is 2.06 bits per heavy atom. The fourth-order valence-electron chi connectivity index (χ4n) is 2.51. The molecule has 1 rings (SSSR count). The lowest BCUT2D eigenvalue weighted by molar-refractivity contribution is -0.143. The van der Waals surface area contributed by atoms with Crippen molar-refractivity contribution in [3.05, 3.63) is 0 Å². The predicted molar refractivity (Wildman–Crippen MR) is 71.3 cm³/mol. The van der Waals surface area contributed by atoms with Crippen LogP contribution in [0.5, 0.6) is 0 Å². The van der Waals surface area contributed by atoms with Crippen molar-refractivity contribution in [1.82, 2.24) is 5.32 Å². The number of hydrogen-bond acceptors (Lipinski definition) is 4. The van der Waals surface area contributed by atoms with Gasteiger partial charge in [-0.25, -0.2) is 0 Å². The Balaban J connectivity index is 2.29. The minimum atomic E-state index is -0.165. The summed E-state index contributed by atoms with van der Waals surface area (Å²) >= 11 is 0. The van der Waals surface area contributed by atoms with Gasteiger partial charge < -0.3 is 15.2 Å². The van der Waals surface area contributed by atoms with Crippen molar-refractivity contribution in [1.29, 1.82) is 0 Å². The van der Waals surface area contributed by atoms with E-state index in [-0.39, 0.29) is 18.1 Å². The molecule has 0 radical (unpaired) electrons. The Labute approximate surface area is 110 Å². The van der Waals surface area contributed by atoms with Crippen LogP contribution in [0.3, 0.4) is 0 Å². The number of hydrogen-bond donors (Lipinski definition) is 2. The molecule has 0 aliphatic heterocycles. The van der Waals surface area contributed by atoms with E-state index in [2.05, 4.69) is 12.2 Å². The quantitative estimate of drug-likeness (QED) is 0.683. The molecular weight excluding hydrogens is 230 g/mol. The Morgan fingerprint density at radius 1 is 1.39 bits per heavy atom. The van der Waals surface area contributed by atoms with Crippen LogP contribution in [-0.2, 0) is 9.53 Å². The molecule has 1 atom stereocenters. The summed E-state index contributed by atoms with van der Waals surface area (Å²) in [7, 11) is 1.44. The lowest BCUT2D eigenvalue weighted by atomic mass is 9.87. The highest BCUT2D eigenvalue weighted by atomic mass is 16.5. The average Bonchev–Trinajstić information content (AvgIpc) is 2.40. The molecule has 4 heteroatoms. The van der Waals surface area contributed by atoms with E-state index in [1.165, 1.54) is 7.11 Å². The highest BCUT2D eigenvalue weighted by Crippen LogP contribution is 2.23. The molecule has 0 aromatic carbocycles. The van der Waals surface area contributed by atoms with E-state index in [4.69, 9.17) is 4.74 Å². The molecule has 1 aliphatic rings. The molecule has 1 fully saturated rings. The van der Waals surface area contributed by atoms with Gasteiger partial charge in [0.2, 0.25) is 0 Å². The Morgan fingerprint density at radius 3 is 2.61 bits per heavy atom. The van der Waals surface area contributed by atoms with Gasteiger partial charge >= 0.3 is 5.97 Å². The van der Waals surface area contributed by atoms with Crippen molar-refractivity contribution in [2.45, 2.75) is 64.0 Å². The molecule has 1 unspecified atom stereocenters. The molecule has 0 spiro atoms. The summed E-state index contributed by atoms with van der Waals surface area (Å²) in [6.07, 6.45) is 6.75. The molecule has 0 aromatic rings. The largest absolute Gasteiger partial charge is 0.468 e. The van der Waals surface area contributed by atoms with Gasteiger partial charge in [-0.05, 0) is 44.6 Å². The highest BCUT2D eigenvalue weighted by molar-refractivity contribution is 5.75. The summed E-state index contributed by atoms with van der Waals surface area (Å²) in [5.41, 5.74) is 0. The van der Waals surface area contributed by atoms with Crippen molar-refractivity contribution < 1.29 is 14.6 Å². The minimum absolute atomic E-state index is 0.113. The third-order valence-corrected chi connectivity index (χ3v) is 3.80. The van der Waals surface area contributed by atoms with E-state index in [1.807, 2.05) is 0 Å². The van der Waals surface area contributed by atoms with E-state index in [0.717, 1.165) is 51.5 Å². The summed E-state index contributed by atoms with van der Waals surface area (Å²) < 4.78 is 4.82. The summed E-state index contributed by atoms with van der Waals surface area (Å²) in [6, 6.07) is -0.165. The third-order valence-electron chi connectivity index (χ3n) is 3.80. The molecule has 18 heavy (non-hydrogen) atoms. The first kappa shape index (κ1) is 15.4. The number of ether oxygens (including phenoxy) is 1. The van der Waals surface area contributed by atoms with Crippen molar-refractivity contribution in [2.24, 2.45) is 5.92 Å². The molecule has 1 aliphatic carbocycles. The summed E-state index contributed by atoms with van der Waals surface area (Å²) in [6.45, 7) is 2.98. The van der Waals surface area contributed by atoms with Crippen molar-refractivity contribution in [3.8, 4) is 0 Å². The molecule has 4 nitrogen and oxygen atoms in total. The zero-order valence-electron chi connectivity index (χ0n) is 11.7. The second-order valence-electron chi connectivity index (χ2n) is 5.30. The van der Waals surface area contributed by atoms with Gasteiger partial charge in [0.05, 0.1) is 13.2 Å². The van der Waals surface area contributed by atoms with Gasteiger partial charge in [0.1, 0.15) is 6.04 Å². The standard InChI is InChI=1S/C14H27NO3/c1-3-4-5-13(14(17)18-2)15-10-11-6-8-12(16)9-7-11/h11-13,15-16H,3-10H2,1-2H3. The van der Waals surface area contributed by atoms with E-state index >= 15 is 0 Å². The van der Waals surface area contributed by atoms with Crippen LogP contribution in [0.25, 0.3) is 0 Å². The lowest BCUT2D eigenvalue weighted by Crippen LogP contribution is -2.41. The maximum absolute atomic E-state index is 11.6. The molecule has 0 saturated heterocycles. The number of carbonyl (C=O) groups excluding carboxylic acids is 1. The minimum Gasteiger partial charge on any atom is -0.468 e. The average molecular weight is 257 g/mol. The van der Waals surface area contributed by atoms with Gasteiger partial charge in [0.25, 0.3) is 0 Å². The van der Waals surface area contributed by atoms with Gasteiger partial charge in [-0.3, -0.25) is 4.79 Å². The maximum atomic E-state index is 11.6. The number of esters is 1. The SMILES string of the molecule is CCCCC(NCC1CCC(O)CC1)C(=O)OC. The van der Waals surface area contributed by atoms with Gasteiger partial charge in [0.15, 0.2) is 0 Å². The summed E-state index contributed by atoms with van der Waals surface area (Å²) in [5, 5.41) is 12.8. The number of methoxy groups -OCH3 is 1. The second-order valence-corrected chi connectivity index (χ2v) is 5.30. The first-order valence-corrected chi connectivity index (χ1v) is 7.16. The first-order valence-electron chi connectivity index (χ1n) is 7.16. The number of carbonyl (C=O) groups is 1. The zero-order valence-corrected chi connectivity index (χ0v) is 11.7. The fourth-order valence-corrected chi connectivity index (χ4v) is 2.51. The fraction of sp³-hybridized carbons (Fsp3) is 0.929. The van der Waals surface area contributed by atoms with Gasteiger partial charge in [-0.1, -0.05) is 19.8 Å². The van der Waals surface area contributed by atoms with Crippen LogP contribution >= 0.6 is 0 Å². The molecule has 0 heterocycles. The van der Waals surface area contributed by atoms with Crippen LogP contribution in [0.15, 0.2) is 0 Å². The summed E-state index contributed by atoms with van der Waals surface area (Å²) in [5.74, 6) is 0.432. The zero-order chi connectivity index (χ0) is 13.4. The molecule has 0 bridgehead atoms. The number of aliphatic hydroxyl groups is 1. The van der Waals surface area contributed by atoms with E-state index in [1.54, 1.807) is 0 Å². The lowest BCUT2D eigenvalue weighted by Gasteiger charge is -2.27. The molecule has 106 valence electrons. The topological polar surface area (TPSA) is 58.6 Å². The Bertz CT molecular complexity index is 237. The first-order chi connectivity index (χ1) is 8.67. The number of unbranched alkanes of at least 4 members (excludes halogenated alkanes) is 1. The van der Waals surface area contributed by atoms with Crippen molar-refractivity contribution in [2.75, 3.05) is 13.7 Å². The van der Waals surface area contributed by atoms with Gasteiger partial charge in [-0.2, -0.15) is 0 Å². The van der Waals surface area contributed by atoms with Crippen LogP contribution < -0.4 is 5.32 Å². The Hall–Kier alpha value is -0.610. The molecular formula is C14H27NO3. The van der Waals surface area contributed by atoms with Gasteiger partial charge in [-0.15, -0.1) is 0 Å². The second kappa shape index (κ2) is 8.48. The van der Waals surface area contributed by atoms with Crippen LogP contribution in [0.4, 0.5) is 0 Å². The smallest absolute Gasteiger partial charge is 0.322 e. The number of aliphatic hydroxyl groups excluding tert-OH is 1. The molecule has 0 amide bonds. The van der Waals surface area contributed by atoms with E-state index < -0.39 is 0 Å². The Kier molecular flexibility index (Phi) is 7.28. The van der Waals surface area contributed by atoms with Crippen molar-refractivity contribution >= 4 is 5.97 Å². The summed E-state index contributed by atoms with van der Waals surface area (Å²) in [4.78, 5) is 11.6. The van der Waals surface area contributed by atoms with Crippen LogP contribution in [0.2, 0.25) is 0 Å². The van der Waals surface area contributed by atoms with Crippen molar-refractivity contribution in [3.63, 3.8) is 0 Å². The third kappa shape index (κ3) is 5.36. The molecule has 2 N–H and O–H groups in total. The molecule has 0 aromatic heterocycles. The molecule has 1 saturated carbocycles. The number of nitrogens with one attached hydrogen (secondary N) is 1. The monoisotopic (exact) mass is 257 g/mol. The number of rotatable bonds is 7. The predicted octanol–water partition coefficient (Wildman–Crippen LogP) is 1.86. The van der Waals surface area contributed by atoms with Crippen LogP contribution in [0.1, 0.15) is 51.9 Å². The van der Waals surface area contributed by atoms with E-state index in [0.29, 0.717) is 5.92 Å². The highest BCUT2D eigenvalue weighted by Gasteiger charge is 2.22. The normalized spacial score (nSPS) is 25.7. The van der Waals surface area contributed by atoms with Crippen LogP contribution in [0, 0.1) is 5.92 Å². The maximum Gasteiger partial charge on any atom is 0.322 e.